The highest BCUT2D eigenvalue weighted by Gasteiger charge is 2.23. The molecule has 1 aliphatic rings. The molecule has 0 unspecified atom stereocenters. The summed E-state index contributed by atoms with van der Waals surface area (Å²) in [6.07, 6.45) is 0.180. The van der Waals surface area contributed by atoms with E-state index in [1.165, 1.54) is 0 Å². The van der Waals surface area contributed by atoms with Gasteiger partial charge >= 0.3 is 0 Å². The van der Waals surface area contributed by atoms with Gasteiger partial charge < -0.3 is 14.4 Å². The maximum absolute atomic E-state index is 11.7. The number of Topliss-reactive ketones (excluding diaryl/α,β-unsaturated/α-hetero) is 1. The Kier molecular flexibility index (Phi) is 4.45. The predicted octanol–water partition coefficient (Wildman–Crippen LogP) is 0.826. The van der Waals surface area contributed by atoms with Crippen molar-refractivity contribution in [1.82, 2.24) is 4.90 Å². The summed E-state index contributed by atoms with van der Waals surface area (Å²) in [5, 5.41) is 0. The number of ketones is 1. The Morgan fingerprint density at radius 3 is 2.53 bits per heavy atom. The second-order valence-corrected chi connectivity index (χ2v) is 3.88. The Hall–Kier alpha value is -0.710. The largest absolute Gasteiger partial charge is 0.352 e. The second kappa shape index (κ2) is 5.39. The van der Waals surface area contributed by atoms with Gasteiger partial charge in [-0.1, -0.05) is 0 Å². The molecule has 0 N–H and O–H groups in total. The van der Waals surface area contributed by atoms with Crippen molar-refractivity contribution >= 4 is 5.78 Å². The van der Waals surface area contributed by atoms with Crippen LogP contribution in [0.25, 0.3) is 0 Å². The normalized spacial score (nSPS) is 22.3. The molecule has 1 aliphatic heterocycles. The van der Waals surface area contributed by atoms with E-state index in [-0.39, 0.29) is 5.78 Å². The first kappa shape index (κ1) is 12.4. The molecule has 0 aromatic carbocycles. The number of ether oxygens (including phenoxy) is 2. The van der Waals surface area contributed by atoms with Crippen LogP contribution in [0.4, 0.5) is 0 Å². The van der Waals surface area contributed by atoms with Gasteiger partial charge in [-0.25, -0.2) is 0 Å². The first-order chi connectivity index (χ1) is 7.10. The van der Waals surface area contributed by atoms with E-state index in [1.54, 1.807) is 14.2 Å². The van der Waals surface area contributed by atoms with Crippen molar-refractivity contribution in [1.29, 1.82) is 0 Å². The molecule has 1 rings (SSSR count). The Balaban J connectivity index is 2.89. The van der Waals surface area contributed by atoms with Gasteiger partial charge in [0, 0.05) is 39.3 Å². The third kappa shape index (κ3) is 2.87. The fourth-order valence-corrected chi connectivity index (χ4v) is 1.82. The monoisotopic (exact) mass is 213 g/mol. The van der Waals surface area contributed by atoms with Crippen molar-refractivity contribution in [2.75, 3.05) is 34.4 Å². The molecule has 0 spiro atoms. The van der Waals surface area contributed by atoms with Gasteiger partial charge in [0.05, 0.1) is 0 Å². The number of likely N-dealkylation sites (tertiary alicyclic amines) is 1. The number of carbonyl (C=O) groups excluding carboxylic acids is 1. The molecular weight excluding hydrogens is 194 g/mol. The van der Waals surface area contributed by atoms with E-state index in [9.17, 15) is 4.79 Å². The molecule has 0 amide bonds. The van der Waals surface area contributed by atoms with Crippen LogP contribution in [0.15, 0.2) is 11.1 Å². The van der Waals surface area contributed by atoms with Crippen molar-refractivity contribution < 1.29 is 14.3 Å². The van der Waals surface area contributed by atoms with Gasteiger partial charge in [0.25, 0.3) is 0 Å². The Morgan fingerprint density at radius 1 is 1.40 bits per heavy atom. The van der Waals surface area contributed by atoms with Crippen LogP contribution in [0.2, 0.25) is 0 Å². The van der Waals surface area contributed by atoms with E-state index in [1.807, 2.05) is 14.0 Å². The van der Waals surface area contributed by atoms with Crippen LogP contribution in [-0.2, 0) is 14.3 Å². The summed E-state index contributed by atoms with van der Waals surface area (Å²) < 4.78 is 10.3. The minimum atomic E-state index is -0.407. The average molecular weight is 213 g/mol. The highest BCUT2D eigenvalue weighted by atomic mass is 16.7. The second-order valence-electron chi connectivity index (χ2n) is 3.88. The van der Waals surface area contributed by atoms with E-state index in [2.05, 4.69) is 4.90 Å². The first-order valence-electron chi connectivity index (χ1n) is 5.07. The quantitative estimate of drug-likeness (QED) is 0.514. The highest BCUT2D eigenvalue weighted by molar-refractivity contribution is 5.97. The van der Waals surface area contributed by atoms with E-state index < -0.39 is 6.29 Å². The van der Waals surface area contributed by atoms with Crippen LogP contribution < -0.4 is 0 Å². The van der Waals surface area contributed by atoms with Crippen molar-refractivity contribution in [2.24, 2.45) is 0 Å². The molecule has 86 valence electrons. The van der Waals surface area contributed by atoms with Gasteiger partial charge in [-0.3, -0.25) is 4.79 Å². The van der Waals surface area contributed by atoms with Crippen LogP contribution >= 0.6 is 0 Å². The maximum atomic E-state index is 11.7. The summed E-state index contributed by atoms with van der Waals surface area (Å²) in [6.45, 7) is 3.41. The number of hydrogen-bond donors (Lipinski definition) is 0. The topological polar surface area (TPSA) is 38.8 Å². The third-order valence-corrected chi connectivity index (χ3v) is 2.74. The number of hydrogen-bond acceptors (Lipinski definition) is 4. The Morgan fingerprint density at radius 2 is 2.00 bits per heavy atom. The zero-order chi connectivity index (χ0) is 11.4. The van der Waals surface area contributed by atoms with E-state index in [0.29, 0.717) is 13.0 Å². The Bertz CT molecular complexity index is 269. The molecule has 0 radical (unpaired) electrons. The molecule has 1 saturated heterocycles. The lowest BCUT2D eigenvalue weighted by molar-refractivity contribution is -0.118. The molecule has 15 heavy (non-hydrogen) atoms. The summed E-state index contributed by atoms with van der Waals surface area (Å²) >= 11 is 0. The minimum absolute atomic E-state index is 0.213. The molecule has 1 fully saturated rings. The fraction of sp³-hybridized carbons (Fsp3) is 0.727. The minimum Gasteiger partial charge on any atom is -0.352 e. The van der Waals surface area contributed by atoms with Gasteiger partial charge in [0.2, 0.25) is 0 Å². The lowest BCUT2D eigenvalue weighted by Crippen LogP contribution is -2.34. The molecule has 0 aromatic rings. The van der Waals surface area contributed by atoms with Crippen LogP contribution in [0.3, 0.4) is 0 Å². The van der Waals surface area contributed by atoms with Gasteiger partial charge in [0.15, 0.2) is 12.1 Å². The molecule has 0 aromatic heterocycles. The molecule has 0 bridgehead atoms. The zero-order valence-electron chi connectivity index (χ0n) is 9.87. The van der Waals surface area contributed by atoms with Crippen molar-refractivity contribution in [2.45, 2.75) is 19.6 Å². The molecule has 4 heteroatoms. The van der Waals surface area contributed by atoms with Crippen molar-refractivity contribution in [3.63, 3.8) is 0 Å². The molecule has 0 aliphatic carbocycles. The van der Waals surface area contributed by atoms with Crippen molar-refractivity contribution in [3.8, 4) is 0 Å². The summed E-state index contributed by atoms with van der Waals surface area (Å²) in [6, 6.07) is 0. The molecule has 0 saturated carbocycles. The summed E-state index contributed by atoms with van der Waals surface area (Å²) in [4.78, 5) is 13.8. The molecule has 0 atom stereocenters. The van der Waals surface area contributed by atoms with E-state index >= 15 is 0 Å². The van der Waals surface area contributed by atoms with Crippen LogP contribution in [0, 0.1) is 0 Å². The number of rotatable bonds is 3. The number of likely N-dealkylation sites (N-methyl/N-ethyl adjacent to an activating group) is 1. The summed E-state index contributed by atoms with van der Waals surface area (Å²) in [7, 11) is 5.17. The van der Waals surface area contributed by atoms with Crippen LogP contribution in [0.1, 0.15) is 13.3 Å². The van der Waals surface area contributed by atoms with Gasteiger partial charge in [0.1, 0.15) is 0 Å². The fourth-order valence-electron chi connectivity index (χ4n) is 1.82. The third-order valence-electron chi connectivity index (χ3n) is 2.74. The molecule has 4 nitrogen and oxygen atoms in total. The SMILES string of the molecule is COC(OC)C(C)=C1CN(C)CCC1=O. The van der Waals surface area contributed by atoms with Crippen LogP contribution in [-0.4, -0.2) is 51.3 Å². The number of piperidine rings is 1. The highest BCUT2D eigenvalue weighted by Crippen LogP contribution is 2.18. The smallest absolute Gasteiger partial charge is 0.179 e. The zero-order valence-corrected chi connectivity index (χ0v) is 9.87. The van der Waals surface area contributed by atoms with E-state index in [0.717, 1.165) is 17.7 Å². The van der Waals surface area contributed by atoms with Gasteiger partial charge in [-0.05, 0) is 19.5 Å². The summed E-state index contributed by atoms with van der Waals surface area (Å²) in [5.41, 5.74) is 1.72. The lowest BCUT2D eigenvalue weighted by atomic mass is 9.98. The lowest BCUT2D eigenvalue weighted by Gasteiger charge is -2.26. The Labute approximate surface area is 90.8 Å². The number of methoxy groups -OCH3 is 2. The predicted molar refractivity (Wildman–Crippen MR) is 57.6 cm³/mol. The first-order valence-corrected chi connectivity index (χ1v) is 5.07. The van der Waals surface area contributed by atoms with Gasteiger partial charge in [-0.15, -0.1) is 0 Å². The van der Waals surface area contributed by atoms with Crippen LogP contribution in [0.5, 0.6) is 0 Å². The maximum Gasteiger partial charge on any atom is 0.179 e. The summed E-state index contributed by atoms with van der Waals surface area (Å²) in [5.74, 6) is 0.213. The molecule has 1 heterocycles. The van der Waals surface area contributed by atoms with Crippen molar-refractivity contribution in [3.05, 3.63) is 11.1 Å². The van der Waals surface area contributed by atoms with E-state index in [4.69, 9.17) is 9.47 Å². The van der Waals surface area contributed by atoms with Gasteiger partial charge in [-0.2, -0.15) is 0 Å². The number of carbonyl (C=O) groups is 1. The number of nitrogens with zero attached hydrogens (tertiary/aromatic N) is 1. The standard InChI is InChI=1S/C11H19NO3/c1-8(11(14-3)15-4)9-7-12(2)6-5-10(9)13/h11H,5-7H2,1-4H3. The average Bonchev–Trinajstić information content (AvgIpc) is 2.23. The molecular formula is C11H19NO3.